The molecule has 160 valence electrons. The third kappa shape index (κ3) is 3.27. The van der Waals surface area contributed by atoms with E-state index in [1.807, 2.05) is 0 Å². The Kier molecular flexibility index (Phi) is 4.63. The van der Waals surface area contributed by atoms with Crippen LogP contribution in [0.5, 0.6) is 0 Å². The lowest BCUT2D eigenvalue weighted by Gasteiger charge is -2.08. The number of aromatic nitrogens is 3. The predicted octanol–water partition coefficient (Wildman–Crippen LogP) is 4.33. The van der Waals surface area contributed by atoms with Gasteiger partial charge in [-0.3, -0.25) is 0 Å². The molecule has 0 radical (unpaired) electrons. The van der Waals surface area contributed by atoms with E-state index in [1.165, 1.54) is 24.3 Å². The van der Waals surface area contributed by atoms with Gasteiger partial charge in [0.25, 0.3) is 0 Å². The predicted molar refractivity (Wildman–Crippen MR) is 117 cm³/mol. The Morgan fingerprint density at radius 2 is 1.38 bits per heavy atom. The highest BCUT2D eigenvalue weighted by Gasteiger charge is 2.30. The summed E-state index contributed by atoms with van der Waals surface area (Å²) in [5.41, 5.74) is 8.55. The molecule has 0 fully saturated rings. The van der Waals surface area contributed by atoms with Crippen LogP contribution in [0.2, 0.25) is 0 Å². The fraction of sp³-hybridized carbons (Fsp3) is 0.0435. The maximum absolute atomic E-state index is 13.5. The van der Waals surface area contributed by atoms with Crippen LogP contribution in [-0.4, -0.2) is 23.0 Å². The number of hydrogen-bond acceptors (Lipinski definition) is 5. The number of benzene rings is 3. The summed E-state index contributed by atoms with van der Waals surface area (Å²) < 4.78 is 55.3. The van der Waals surface area contributed by atoms with Gasteiger partial charge < -0.3 is 10.3 Å². The second-order valence-electron chi connectivity index (χ2n) is 7.27. The van der Waals surface area contributed by atoms with Crippen LogP contribution in [0.15, 0.2) is 82.6 Å². The van der Waals surface area contributed by atoms with Crippen molar-refractivity contribution in [1.29, 1.82) is 0 Å². The second kappa shape index (κ2) is 7.38. The van der Waals surface area contributed by atoms with Gasteiger partial charge in [0.1, 0.15) is 27.9 Å². The number of fused-ring (bicyclic) bond motifs is 2. The minimum Gasteiger partial charge on any atom is -0.384 e. The number of nitrogen functional groups attached to an aromatic ring is 1. The molecular weight excluding hydrogens is 434 g/mol. The molecule has 0 aliphatic carbocycles. The van der Waals surface area contributed by atoms with Gasteiger partial charge in [-0.25, -0.2) is 27.2 Å². The van der Waals surface area contributed by atoms with Crippen molar-refractivity contribution in [2.24, 2.45) is 0 Å². The first-order valence-electron chi connectivity index (χ1n) is 9.64. The van der Waals surface area contributed by atoms with E-state index in [1.54, 1.807) is 41.0 Å². The Balaban J connectivity index is 1.80. The molecule has 2 N–H and O–H groups in total. The Morgan fingerprint density at radius 3 is 2.00 bits per heavy atom. The number of sulfone groups is 1. The van der Waals surface area contributed by atoms with E-state index in [0.717, 1.165) is 12.1 Å². The molecule has 0 saturated carbocycles. The number of nitrogens with two attached hydrogens (primary N) is 1. The fourth-order valence-electron chi connectivity index (χ4n) is 3.62. The van der Waals surface area contributed by atoms with Crippen LogP contribution in [-0.2, 0) is 16.4 Å². The summed E-state index contributed by atoms with van der Waals surface area (Å²) in [6, 6.07) is 17.4. The molecule has 3 aromatic carbocycles. The highest BCUT2D eigenvalue weighted by Crippen LogP contribution is 2.35. The molecule has 5 aromatic rings. The van der Waals surface area contributed by atoms with Gasteiger partial charge in [0, 0.05) is 0 Å². The molecule has 0 aliphatic heterocycles. The summed E-state index contributed by atoms with van der Waals surface area (Å²) in [5.74, 6) is -0.991. The van der Waals surface area contributed by atoms with Gasteiger partial charge in [-0.2, -0.15) is 0 Å². The Morgan fingerprint density at radius 1 is 0.812 bits per heavy atom. The van der Waals surface area contributed by atoms with E-state index in [9.17, 15) is 17.2 Å². The maximum Gasteiger partial charge on any atom is 0.212 e. The average molecular weight is 450 g/mol. The van der Waals surface area contributed by atoms with Crippen molar-refractivity contribution in [2.45, 2.75) is 16.3 Å². The topological polar surface area (TPSA) is 90.9 Å². The third-order valence-corrected chi connectivity index (χ3v) is 7.03. The van der Waals surface area contributed by atoms with Crippen LogP contribution in [0.1, 0.15) is 5.56 Å². The number of para-hydroxylation sites is 2. The molecule has 0 aliphatic rings. The number of hydrogen-bond donors (Lipinski definition) is 1. The molecule has 0 amide bonds. The largest absolute Gasteiger partial charge is 0.384 e. The zero-order valence-corrected chi connectivity index (χ0v) is 17.4. The van der Waals surface area contributed by atoms with Crippen molar-refractivity contribution in [3.05, 3.63) is 90.0 Å². The van der Waals surface area contributed by atoms with Crippen molar-refractivity contribution in [3.63, 3.8) is 0 Å². The second-order valence-corrected chi connectivity index (χ2v) is 9.16. The molecule has 32 heavy (non-hydrogen) atoms. The summed E-state index contributed by atoms with van der Waals surface area (Å²) >= 11 is 0. The van der Waals surface area contributed by atoms with Crippen LogP contribution in [0.4, 0.5) is 14.6 Å². The molecule has 0 atom stereocenters. The zero-order chi connectivity index (χ0) is 22.5. The van der Waals surface area contributed by atoms with E-state index in [0.29, 0.717) is 16.6 Å². The van der Waals surface area contributed by atoms with E-state index < -0.39 is 15.7 Å². The smallest absolute Gasteiger partial charge is 0.212 e. The molecule has 2 heterocycles. The SMILES string of the molecule is Nc1c(S(=O)(=O)c2ccc(F)cc2)c2nc3ccccc3nc2n1Cc1ccc(F)cc1. The van der Waals surface area contributed by atoms with E-state index in [-0.39, 0.29) is 39.1 Å². The zero-order valence-electron chi connectivity index (χ0n) is 16.5. The summed E-state index contributed by atoms with van der Waals surface area (Å²) in [6.45, 7) is 0.161. The van der Waals surface area contributed by atoms with Crippen LogP contribution < -0.4 is 5.73 Å². The van der Waals surface area contributed by atoms with Crippen LogP contribution in [0.3, 0.4) is 0 Å². The van der Waals surface area contributed by atoms with E-state index >= 15 is 0 Å². The van der Waals surface area contributed by atoms with Gasteiger partial charge >= 0.3 is 0 Å². The summed E-state index contributed by atoms with van der Waals surface area (Å²) in [6.07, 6.45) is 0. The lowest BCUT2D eigenvalue weighted by molar-refractivity contribution is 0.595. The van der Waals surface area contributed by atoms with Gasteiger partial charge in [0.15, 0.2) is 5.65 Å². The summed E-state index contributed by atoms with van der Waals surface area (Å²) in [5, 5.41) is 0. The fourth-order valence-corrected chi connectivity index (χ4v) is 5.13. The molecule has 9 heteroatoms. The van der Waals surface area contributed by atoms with Crippen LogP contribution in [0.25, 0.3) is 22.2 Å². The summed E-state index contributed by atoms with van der Waals surface area (Å²) in [4.78, 5) is 8.86. The van der Waals surface area contributed by atoms with Crippen molar-refractivity contribution in [2.75, 3.05) is 5.73 Å². The summed E-state index contributed by atoms with van der Waals surface area (Å²) in [7, 11) is -4.13. The van der Waals surface area contributed by atoms with Gasteiger partial charge in [-0.15, -0.1) is 0 Å². The highest BCUT2D eigenvalue weighted by molar-refractivity contribution is 7.92. The molecular formula is C23H16F2N4O2S. The molecule has 0 saturated heterocycles. The van der Waals surface area contributed by atoms with Gasteiger partial charge in [0.2, 0.25) is 9.84 Å². The van der Waals surface area contributed by atoms with Gasteiger partial charge in [0.05, 0.1) is 22.5 Å². The number of nitrogens with zero attached hydrogens (tertiary/aromatic N) is 3. The van der Waals surface area contributed by atoms with Crippen molar-refractivity contribution < 1.29 is 17.2 Å². The number of halogens is 2. The highest BCUT2D eigenvalue weighted by atomic mass is 32.2. The quantitative estimate of drug-likeness (QED) is 0.412. The molecule has 0 bridgehead atoms. The van der Waals surface area contributed by atoms with E-state index in [2.05, 4.69) is 9.97 Å². The van der Waals surface area contributed by atoms with Crippen molar-refractivity contribution >= 4 is 37.9 Å². The minimum atomic E-state index is -4.13. The average Bonchev–Trinajstić information content (AvgIpc) is 3.05. The van der Waals surface area contributed by atoms with Crippen LogP contribution in [0, 0.1) is 11.6 Å². The first kappa shape index (κ1) is 20.1. The lowest BCUT2D eigenvalue weighted by atomic mass is 10.2. The van der Waals surface area contributed by atoms with Gasteiger partial charge in [-0.05, 0) is 54.1 Å². The Hall–Kier alpha value is -3.85. The third-order valence-electron chi connectivity index (χ3n) is 5.19. The molecule has 0 spiro atoms. The van der Waals surface area contributed by atoms with Crippen LogP contribution >= 0.6 is 0 Å². The Labute approximate surface area is 181 Å². The maximum atomic E-state index is 13.5. The molecule has 5 rings (SSSR count). The molecule has 2 aromatic heterocycles. The van der Waals surface area contributed by atoms with Crippen molar-refractivity contribution in [3.8, 4) is 0 Å². The first-order chi connectivity index (χ1) is 15.3. The first-order valence-corrected chi connectivity index (χ1v) is 11.1. The monoisotopic (exact) mass is 450 g/mol. The Bertz CT molecular complexity index is 1580. The molecule has 0 unspecified atom stereocenters. The van der Waals surface area contributed by atoms with E-state index in [4.69, 9.17) is 5.73 Å². The normalized spacial score (nSPS) is 11.9. The number of rotatable bonds is 4. The molecule has 6 nitrogen and oxygen atoms in total. The van der Waals surface area contributed by atoms with Gasteiger partial charge in [-0.1, -0.05) is 24.3 Å². The van der Waals surface area contributed by atoms with Crippen molar-refractivity contribution in [1.82, 2.24) is 14.5 Å². The lowest BCUT2D eigenvalue weighted by Crippen LogP contribution is -2.09. The number of anilines is 1. The standard InChI is InChI=1S/C23H16F2N4O2S/c24-15-7-5-14(6-8-15)13-29-22(26)21(32(30,31)17-11-9-16(25)10-12-17)20-23(29)28-19-4-2-1-3-18(19)27-20/h1-12H,13,26H2. The minimum absolute atomic E-state index is 0.0519.